The SMILES string of the molecule is COCC(C(=O)OC1C/C=C/C=C/C(=O)O[C@H]([C@@H](C)[C@@H](O)C(C)CC[C@H](OC(=O)C(C)N(C)C)[C@@H](C)[C@@H](OC(C)=O)[C@@H](C)/C=C/N(C)C=O)C/C=C/C(OC)CC(C)C/C=C(\C)C(OC)CCC(C)C(O)C1C)N(C)C. The summed E-state index contributed by atoms with van der Waals surface area (Å²) in [6.45, 7) is 18.8. The highest BCUT2D eigenvalue weighted by Gasteiger charge is 2.38. The second-order valence-electron chi connectivity index (χ2n) is 21.9. The number of ether oxygens (including phenoxy) is 7. The topological polar surface area (TPSA) is 200 Å². The van der Waals surface area contributed by atoms with Crippen LogP contribution in [0, 0.1) is 41.4 Å². The van der Waals surface area contributed by atoms with E-state index in [4.69, 9.17) is 33.2 Å². The Bertz CT molecular complexity index is 1870. The Morgan fingerprint density at radius 3 is 2.12 bits per heavy atom. The molecule has 10 unspecified atom stereocenters. The van der Waals surface area contributed by atoms with E-state index in [1.807, 2.05) is 53.7 Å². The molecule has 0 spiro atoms. The van der Waals surface area contributed by atoms with Crippen LogP contribution in [0.3, 0.4) is 0 Å². The van der Waals surface area contributed by atoms with Gasteiger partial charge in [-0.15, -0.1) is 0 Å². The van der Waals surface area contributed by atoms with Gasteiger partial charge in [-0.2, -0.15) is 0 Å². The van der Waals surface area contributed by atoms with Crippen molar-refractivity contribution in [3.63, 3.8) is 0 Å². The van der Waals surface area contributed by atoms with E-state index < -0.39 is 90.3 Å². The highest BCUT2D eigenvalue weighted by atomic mass is 16.6. The molecule has 17 heteroatoms. The maximum atomic E-state index is 13.6. The molecule has 17 atom stereocenters. The Balaban J connectivity index is 3.70. The van der Waals surface area contributed by atoms with Gasteiger partial charge < -0.3 is 48.3 Å². The zero-order chi connectivity index (χ0) is 57.8. The molecule has 1 rings (SSSR count). The van der Waals surface area contributed by atoms with Gasteiger partial charge in [0.25, 0.3) is 0 Å². The van der Waals surface area contributed by atoms with E-state index in [9.17, 15) is 34.2 Å². The molecule has 436 valence electrons. The Morgan fingerprint density at radius 2 is 1.54 bits per heavy atom. The van der Waals surface area contributed by atoms with Gasteiger partial charge in [0.2, 0.25) is 6.41 Å². The normalized spacial score (nSPS) is 28.6. The van der Waals surface area contributed by atoms with E-state index in [-0.39, 0.29) is 55.3 Å². The van der Waals surface area contributed by atoms with Gasteiger partial charge in [0.05, 0.1) is 31.0 Å². The molecule has 2 N–H and O–H groups in total. The number of carbonyl (C=O) groups excluding carboxylic acids is 5. The van der Waals surface area contributed by atoms with Crippen LogP contribution in [0.2, 0.25) is 0 Å². The van der Waals surface area contributed by atoms with Crippen molar-refractivity contribution in [1.82, 2.24) is 14.7 Å². The zero-order valence-corrected chi connectivity index (χ0v) is 49.6. The van der Waals surface area contributed by atoms with Crippen molar-refractivity contribution in [3.05, 3.63) is 60.4 Å². The van der Waals surface area contributed by atoms with Crippen LogP contribution >= 0.6 is 0 Å². The van der Waals surface area contributed by atoms with E-state index in [1.165, 1.54) is 25.0 Å². The largest absolute Gasteiger partial charge is 0.462 e. The van der Waals surface area contributed by atoms with E-state index >= 15 is 0 Å². The van der Waals surface area contributed by atoms with E-state index in [0.717, 1.165) is 18.4 Å². The first-order chi connectivity index (χ1) is 35.7. The van der Waals surface area contributed by atoms with Crippen LogP contribution in [0.15, 0.2) is 60.4 Å². The lowest BCUT2D eigenvalue weighted by molar-refractivity contribution is -0.166. The van der Waals surface area contributed by atoms with Gasteiger partial charge in [0, 0.05) is 84.1 Å². The van der Waals surface area contributed by atoms with Gasteiger partial charge in [-0.3, -0.25) is 29.0 Å². The average molecular weight is 1080 g/mol. The van der Waals surface area contributed by atoms with Gasteiger partial charge in [0.1, 0.15) is 36.5 Å². The number of hydrogen-bond donors (Lipinski definition) is 2. The molecule has 17 nitrogen and oxygen atoms in total. The van der Waals surface area contributed by atoms with Crippen molar-refractivity contribution in [3.8, 4) is 0 Å². The number of methoxy groups -OCH3 is 3. The van der Waals surface area contributed by atoms with Crippen LogP contribution < -0.4 is 0 Å². The fourth-order valence-corrected chi connectivity index (χ4v) is 9.39. The fourth-order valence-electron chi connectivity index (χ4n) is 9.39. The summed E-state index contributed by atoms with van der Waals surface area (Å²) in [5.74, 6) is -4.21. The monoisotopic (exact) mass is 1080 g/mol. The first-order valence-electron chi connectivity index (χ1n) is 27.3. The average Bonchev–Trinajstić information content (AvgIpc) is 3.38. The van der Waals surface area contributed by atoms with Gasteiger partial charge in [-0.1, -0.05) is 91.0 Å². The second-order valence-corrected chi connectivity index (χ2v) is 21.9. The molecule has 76 heavy (non-hydrogen) atoms. The molecule has 1 amide bonds. The summed E-state index contributed by atoms with van der Waals surface area (Å²) in [4.78, 5) is 69.3. The Labute approximate surface area is 457 Å². The third-order valence-corrected chi connectivity index (χ3v) is 15.2. The van der Waals surface area contributed by atoms with Crippen molar-refractivity contribution in [2.75, 3.05) is 63.2 Å². The molecule has 0 radical (unpaired) electrons. The molecule has 0 aromatic carbocycles. The van der Waals surface area contributed by atoms with Crippen molar-refractivity contribution in [1.29, 1.82) is 0 Å². The number of aliphatic hydroxyl groups is 2. The van der Waals surface area contributed by atoms with Gasteiger partial charge in [-0.25, -0.2) is 4.79 Å². The van der Waals surface area contributed by atoms with E-state index in [1.54, 1.807) is 96.7 Å². The third kappa shape index (κ3) is 25.1. The van der Waals surface area contributed by atoms with Crippen LogP contribution in [0.5, 0.6) is 0 Å². The van der Waals surface area contributed by atoms with Crippen molar-refractivity contribution < 1.29 is 67.3 Å². The highest BCUT2D eigenvalue weighted by Crippen LogP contribution is 2.32. The fraction of sp³-hybridized carbons (Fsp3) is 0.746. The summed E-state index contributed by atoms with van der Waals surface area (Å²) < 4.78 is 41.5. The molecule has 1 aliphatic heterocycles. The first kappa shape index (κ1) is 69.8. The van der Waals surface area contributed by atoms with Crippen LogP contribution in [0.25, 0.3) is 0 Å². The Hall–Kier alpha value is -4.23. The minimum absolute atomic E-state index is 0.129. The van der Waals surface area contributed by atoms with Crippen LogP contribution in [-0.4, -0.2) is 179 Å². The number of esters is 4. The molecule has 0 saturated heterocycles. The summed E-state index contributed by atoms with van der Waals surface area (Å²) in [7, 11) is 13.6. The molecular weight excluding hydrogens is 975 g/mol. The number of allylic oxidation sites excluding steroid dienone is 3. The molecule has 0 aromatic heterocycles. The zero-order valence-electron chi connectivity index (χ0n) is 49.6. The summed E-state index contributed by atoms with van der Waals surface area (Å²) in [5, 5.41) is 23.8. The predicted octanol–water partition coefficient (Wildman–Crippen LogP) is 7.74. The van der Waals surface area contributed by atoms with E-state index in [0.29, 0.717) is 32.1 Å². The maximum Gasteiger partial charge on any atom is 0.331 e. The maximum absolute atomic E-state index is 13.6. The van der Waals surface area contributed by atoms with Crippen LogP contribution in [0.4, 0.5) is 0 Å². The lowest BCUT2D eigenvalue weighted by Crippen LogP contribution is -2.44. The summed E-state index contributed by atoms with van der Waals surface area (Å²) in [6.07, 6.45) is 15.5. The summed E-state index contributed by atoms with van der Waals surface area (Å²) in [5.41, 5.74) is 1.10. The molecule has 1 heterocycles. The predicted molar refractivity (Wildman–Crippen MR) is 297 cm³/mol. The minimum atomic E-state index is -0.973. The molecule has 0 saturated carbocycles. The molecule has 1 aliphatic rings. The first-order valence-corrected chi connectivity index (χ1v) is 27.3. The van der Waals surface area contributed by atoms with Crippen LogP contribution in [0.1, 0.15) is 121 Å². The number of rotatable bonds is 23. The Morgan fingerprint density at radius 1 is 0.868 bits per heavy atom. The summed E-state index contributed by atoms with van der Waals surface area (Å²) in [6, 6.07) is -1.23. The van der Waals surface area contributed by atoms with Gasteiger partial charge in [0.15, 0.2) is 0 Å². The number of aliphatic hydroxyl groups excluding tert-OH is 2. The number of amides is 1. The van der Waals surface area contributed by atoms with Crippen molar-refractivity contribution in [2.45, 2.75) is 182 Å². The molecule has 0 bridgehead atoms. The quantitative estimate of drug-likeness (QED) is 0.0435. The lowest BCUT2D eigenvalue weighted by Gasteiger charge is -2.35. The number of cyclic esters (lactones) is 1. The van der Waals surface area contributed by atoms with Crippen molar-refractivity contribution >= 4 is 30.3 Å². The molecule has 0 aromatic rings. The molecular formula is C59H101N3O14. The molecule has 0 aliphatic carbocycles. The lowest BCUT2D eigenvalue weighted by atomic mass is 9.82. The van der Waals surface area contributed by atoms with Gasteiger partial charge in [-0.05, 0) is 104 Å². The van der Waals surface area contributed by atoms with Crippen LogP contribution in [-0.2, 0) is 57.1 Å². The van der Waals surface area contributed by atoms with Gasteiger partial charge >= 0.3 is 23.9 Å². The van der Waals surface area contributed by atoms with Crippen molar-refractivity contribution in [2.24, 2.45) is 41.4 Å². The minimum Gasteiger partial charge on any atom is -0.462 e. The number of hydrogen-bond acceptors (Lipinski definition) is 16. The number of carbonyl (C=O) groups is 5. The Kier molecular flexibility index (Phi) is 33.8. The third-order valence-electron chi connectivity index (χ3n) is 15.2. The molecule has 0 fully saturated rings. The highest BCUT2D eigenvalue weighted by molar-refractivity contribution is 5.82. The number of nitrogens with zero attached hydrogens (tertiary/aromatic N) is 3. The second kappa shape index (κ2) is 36.8. The standard InChI is InChI=1S/C59H101N3O14/c1-38-27-28-39(2)50(72-18)31-29-40(3)56(67)44(7)52(76-59(69)49(36-70-16)61(13)14)24-20-19-21-26-54(65)74-51(25-22-23-48(35-38)71-17)43(6)55(66)41(4)30-32-53(75-58(68)46(9)60(11)12)45(8)57(73-47(10)64)42(5)33-34-62(15)37-63/h19-23,26,28,33-34,37-38,40-46,48-53,55-57,66-67H,24-25,27,29-32,35-36H2,1-18H3/b20-19+,23-22+,26-21+,34-33+,39-28+/t38?,40?,41?,42-,43+,44?,45+,46?,48?,49?,50?,51-,52?,53-,55-,56?,57-/m0/s1. The van der Waals surface area contributed by atoms with E-state index in [2.05, 4.69) is 19.9 Å². The smallest absolute Gasteiger partial charge is 0.331 e. The number of likely N-dealkylation sites (N-methyl/N-ethyl adjacent to an activating group) is 2. The summed E-state index contributed by atoms with van der Waals surface area (Å²) >= 11 is 0.